The van der Waals surface area contributed by atoms with Gasteiger partial charge in [-0.3, -0.25) is 9.69 Å². The Hall–Kier alpha value is -2.12. The number of piperazine rings is 1. The summed E-state index contributed by atoms with van der Waals surface area (Å²) in [6.45, 7) is 7.09. The number of hydrogen-bond donors (Lipinski definition) is 2. The molecule has 1 unspecified atom stereocenters. The maximum atomic E-state index is 12.6. The van der Waals surface area contributed by atoms with Gasteiger partial charge in [0.2, 0.25) is 5.91 Å². The third-order valence-electron chi connectivity index (χ3n) is 5.21. The van der Waals surface area contributed by atoms with Gasteiger partial charge < -0.3 is 20.3 Å². The third kappa shape index (κ3) is 5.94. The minimum atomic E-state index is -0.523. The molecule has 27 heavy (non-hydrogen) atoms. The number of hydrogen-bond acceptors (Lipinski definition) is 4. The van der Waals surface area contributed by atoms with Crippen LogP contribution in [0.1, 0.15) is 25.3 Å². The fraction of sp³-hybridized carbons (Fsp3) is 0.600. The monoisotopic (exact) mass is 374 g/mol. The molecule has 2 saturated heterocycles. The maximum absolute atomic E-state index is 12.6. The van der Waals surface area contributed by atoms with Crippen molar-refractivity contribution in [2.75, 3.05) is 39.4 Å². The van der Waals surface area contributed by atoms with Crippen molar-refractivity contribution in [3.05, 3.63) is 35.9 Å². The van der Waals surface area contributed by atoms with E-state index in [0.29, 0.717) is 26.3 Å². The molecule has 2 heterocycles. The minimum Gasteiger partial charge on any atom is -0.381 e. The molecule has 7 heteroatoms. The molecule has 148 valence electrons. The van der Waals surface area contributed by atoms with E-state index in [1.54, 1.807) is 6.92 Å². The number of rotatable bonds is 5. The lowest BCUT2D eigenvalue weighted by Crippen LogP contribution is -2.56. The maximum Gasteiger partial charge on any atom is 0.315 e. The first-order valence-electron chi connectivity index (χ1n) is 9.81. The number of carbonyl (C=O) groups excluding carboxylic acids is 2. The van der Waals surface area contributed by atoms with Crippen LogP contribution >= 0.6 is 0 Å². The molecule has 7 nitrogen and oxygen atoms in total. The number of benzene rings is 1. The summed E-state index contributed by atoms with van der Waals surface area (Å²) in [7, 11) is 0. The van der Waals surface area contributed by atoms with Crippen molar-refractivity contribution in [2.45, 2.75) is 38.4 Å². The number of carbonyl (C=O) groups is 2. The molecular formula is C20H30N4O3. The van der Waals surface area contributed by atoms with E-state index in [-0.39, 0.29) is 18.0 Å². The molecule has 3 amide bonds. The van der Waals surface area contributed by atoms with Crippen LogP contribution in [0, 0.1) is 0 Å². The smallest absolute Gasteiger partial charge is 0.315 e. The second kappa shape index (κ2) is 9.71. The van der Waals surface area contributed by atoms with Crippen LogP contribution in [0.15, 0.2) is 30.3 Å². The summed E-state index contributed by atoms with van der Waals surface area (Å²) in [5.41, 5.74) is 1.29. The van der Waals surface area contributed by atoms with E-state index in [4.69, 9.17) is 4.74 Å². The molecule has 2 aliphatic rings. The van der Waals surface area contributed by atoms with E-state index in [2.05, 4.69) is 27.7 Å². The van der Waals surface area contributed by atoms with Crippen LogP contribution in [-0.2, 0) is 16.1 Å². The van der Waals surface area contributed by atoms with Crippen molar-refractivity contribution in [3.63, 3.8) is 0 Å². The summed E-state index contributed by atoms with van der Waals surface area (Å²) in [6, 6.07) is 9.70. The van der Waals surface area contributed by atoms with E-state index >= 15 is 0 Å². The van der Waals surface area contributed by atoms with Gasteiger partial charge in [0.25, 0.3) is 0 Å². The van der Waals surface area contributed by atoms with Gasteiger partial charge in [-0.2, -0.15) is 0 Å². The van der Waals surface area contributed by atoms with Gasteiger partial charge in [0.05, 0.1) is 0 Å². The highest BCUT2D eigenvalue weighted by molar-refractivity contribution is 5.86. The molecule has 3 rings (SSSR count). The first-order valence-corrected chi connectivity index (χ1v) is 9.81. The lowest BCUT2D eigenvalue weighted by molar-refractivity contribution is -0.134. The van der Waals surface area contributed by atoms with Gasteiger partial charge in [-0.25, -0.2) is 4.79 Å². The van der Waals surface area contributed by atoms with E-state index in [9.17, 15) is 9.59 Å². The normalized spacial score (nSPS) is 20.1. The Morgan fingerprint density at radius 3 is 2.44 bits per heavy atom. The van der Waals surface area contributed by atoms with Gasteiger partial charge in [0.1, 0.15) is 6.04 Å². The summed E-state index contributed by atoms with van der Waals surface area (Å²) in [5, 5.41) is 5.71. The predicted molar refractivity (Wildman–Crippen MR) is 103 cm³/mol. The molecular weight excluding hydrogens is 344 g/mol. The van der Waals surface area contributed by atoms with Crippen LogP contribution in [-0.4, -0.2) is 73.2 Å². The number of urea groups is 1. The van der Waals surface area contributed by atoms with Gasteiger partial charge >= 0.3 is 6.03 Å². The molecule has 2 fully saturated rings. The molecule has 1 aromatic carbocycles. The Bertz CT molecular complexity index is 611. The summed E-state index contributed by atoms with van der Waals surface area (Å²) in [5.74, 6) is -0.0171. The number of amides is 3. The quantitative estimate of drug-likeness (QED) is 0.812. The molecule has 0 radical (unpaired) electrons. The summed E-state index contributed by atoms with van der Waals surface area (Å²) < 4.78 is 5.29. The summed E-state index contributed by atoms with van der Waals surface area (Å²) in [4.78, 5) is 29.0. The average Bonchev–Trinajstić information content (AvgIpc) is 2.69. The van der Waals surface area contributed by atoms with Crippen LogP contribution in [0.25, 0.3) is 0 Å². The van der Waals surface area contributed by atoms with Crippen molar-refractivity contribution in [1.29, 1.82) is 0 Å². The zero-order valence-electron chi connectivity index (χ0n) is 16.0. The van der Waals surface area contributed by atoms with Crippen molar-refractivity contribution in [1.82, 2.24) is 20.4 Å². The number of nitrogens with one attached hydrogen (secondary N) is 2. The van der Waals surface area contributed by atoms with Gasteiger partial charge in [-0.1, -0.05) is 30.3 Å². The summed E-state index contributed by atoms with van der Waals surface area (Å²) in [6.07, 6.45) is 1.64. The highest BCUT2D eigenvalue weighted by Gasteiger charge is 2.26. The molecule has 1 atom stereocenters. The average molecular weight is 374 g/mol. The number of nitrogens with zero attached hydrogens (tertiary/aromatic N) is 2. The highest BCUT2D eigenvalue weighted by Crippen LogP contribution is 2.10. The fourth-order valence-corrected chi connectivity index (χ4v) is 3.57. The van der Waals surface area contributed by atoms with Crippen LogP contribution in [0.4, 0.5) is 4.79 Å². The second-order valence-corrected chi connectivity index (χ2v) is 7.31. The van der Waals surface area contributed by atoms with E-state index in [0.717, 1.165) is 32.5 Å². The molecule has 1 aromatic rings. The molecule has 0 bridgehead atoms. The number of ether oxygens (including phenoxy) is 1. The summed E-state index contributed by atoms with van der Waals surface area (Å²) >= 11 is 0. The third-order valence-corrected chi connectivity index (χ3v) is 5.21. The molecule has 0 saturated carbocycles. The molecule has 0 aromatic heterocycles. The van der Waals surface area contributed by atoms with E-state index in [1.165, 1.54) is 5.56 Å². The van der Waals surface area contributed by atoms with Gasteiger partial charge in [-0.05, 0) is 25.3 Å². The Labute approximate surface area is 161 Å². The van der Waals surface area contributed by atoms with Crippen molar-refractivity contribution >= 4 is 11.9 Å². The van der Waals surface area contributed by atoms with Crippen LogP contribution in [0.3, 0.4) is 0 Å². The molecule has 0 aliphatic carbocycles. The van der Waals surface area contributed by atoms with Crippen LogP contribution in [0.5, 0.6) is 0 Å². The Balaban J connectivity index is 1.39. The first kappa shape index (κ1) is 19.6. The molecule has 0 spiro atoms. The van der Waals surface area contributed by atoms with Crippen LogP contribution in [0.2, 0.25) is 0 Å². The zero-order valence-corrected chi connectivity index (χ0v) is 16.0. The molecule has 2 aliphatic heterocycles. The standard InChI is InChI=1S/C20H30N4O3/c1-16(21-20(26)22-18-7-13-27-14-8-18)19(25)24-11-9-23(10-12-24)15-17-5-3-2-4-6-17/h2-6,16,18H,7-15H2,1H3,(H2,21,22,26). The SMILES string of the molecule is CC(NC(=O)NC1CCOCC1)C(=O)N1CCN(Cc2ccccc2)CC1. The van der Waals surface area contributed by atoms with E-state index < -0.39 is 6.04 Å². The first-order chi connectivity index (χ1) is 13.1. The highest BCUT2D eigenvalue weighted by atomic mass is 16.5. The van der Waals surface area contributed by atoms with Crippen LogP contribution < -0.4 is 10.6 Å². The molecule has 2 N–H and O–H groups in total. The topological polar surface area (TPSA) is 73.9 Å². The zero-order chi connectivity index (χ0) is 19.1. The van der Waals surface area contributed by atoms with Crippen molar-refractivity contribution < 1.29 is 14.3 Å². The van der Waals surface area contributed by atoms with Gasteiger partial charge in [0.15, 0.2) is 0 Å². The second-order valence-electron chi connectivity index (χ2n) is 7.31. The largest absolute Gasteiger partial charge is 0.381 e. The van der Waals surface area contributed by atoms with Gasteiger partial charge in [0, 0.05) is 52.0 Å². The lowest BCUT2D eigenvalue weighted by Gasteiger charge is -2.36. The predicted octanol–water partition coefficient (Wildman–Crippen LogP) is 1.20. The Kier molecular flexibility index (Phi) is 7.06. The minimum absolute atomic E-state index is 0.0171. The Morgan fingerprint density at radius 1 is 1.11 bits per heavy atom. The van der Waals surface area contributed by atoms with E-state index in [1.807, 2.05) is 23.1 Å². The van der Waals surface area contributed by atoms with Crippen molar-refractivity contribution in [3.8, 4) is 0 Å². The lowest BCUT2D eigenvalue weighted by atomic mass is 10.1. The van der Waals surface area contributed by atoms with Crippen molar-refractivity contribution in [2.24, 2.45) is 0 Å². The fourth-order valence-electron chi connectivity index (χ4n) is 3.57. The van der Waals surface area contributed by atoms with Gasteiger partial charge in [-0.15, -0.1) is 0 Å². The Morgan fingerprint density at radius 2 is 1.78 bits per heavy atom.